The first-order chi connectivity index (χ1) is 17.0. The molecular weight excluding hydrogens is 495 g/mol. The Labute approximate surface area is 214 Å². The summed E-state index contributed by atoms with van der Waals surface area (Å²) in [6, 6.07) is 1.38. The lowest BCUT2D eigenvalue weighted by molar-refractivity contribution is -0.169. The molecule has 0 aromatic carbocycles. The number of halogens is 3. The van der Waals surface area contributed by atoms with Gasteiger partial charge in [0, 0.05) is 36.9 Å². The average Bonchev–Trinajstić information content (AvgIpc) is 3.09. The van der Waals surface area contributed by atoms with Crippen LogP contribution in [0.4, 0.5) is 13.2 Å². The average molecular weight is 532 g/mol. The normalized spacial score (nSPS) is 27.5. The van der Waals surface area contributed by atoms with E-state index in [0.717, 1.165) is 38.1 Å². The Bertz CT molecular complexity index is 899. The van der Waals surface area contributed by atoms with Crippen LogP contribution >= 0.6 is 0 Å². The SMILES string of the molecule is CC1(C)C2CN(C(=O)CC3COC3)CC21.CC1(C)CC(C[C@@H](C#N)NC=O)C(=O)N1.NC(=O)C(F)(F)F. The Morgan fingerprint density at radius 1 is 1.27 bits per heavy atom. The van der Waals surface area contributed by atoms with Gasteiger partial charge in [0.25, 0.3) is 0 Å². The summed E-state index contributed by atoms with van der Waals surface area (Å²) < 4.78 is 37.2. The van der Waals surface area contributed by atoms with E-state index in [9.17, 15) is 27.6 Å². The van der Waals surface area contributed by atoms with E-state index in [2.05, 4.69) is 35.1 Å². The molecule has 0 aromatic heterocycles. The fourth-order valence-electron chi connectivity index (χ4n) is 5.02. The maximum Gasteiger partial charge on any atom is 0.470 e. The molecule has 4 fully saturated rings. The smallest absolute Gasteiger partial charge is 0.381 e. The number of fused-ring (bicyclic) bond motifs is 1. The number of rotatable bonds is 6. The van der Waals surface area contributed by atoms with E-state index in [1.807, 2.05) is 19.9 Å². The van der Waals surface area contributed by atoms with Crippen LogP contribution in [0.25, 0.3) is 0 Å². The highest BCUT2D eigenvalue weighted by Gasteiger charge is 2.62. The predicted octanol–water partition coefficient (Wildman–Crippen LogP) is 1.10. The number of hydrogen-bond donors (Lipinski definition) is 3. The molecular formula is C24H36F3N5O5. The van der Waals surface area contributed by atoms with Crippen LogP contribution in [-0.2, 0) is 23.9 Å². The second-order valence-electron chi connectivity index (χ2n) is 11.3. The highest BCUT2D eigenvalue weighted by atomic mass is 19.4. The molecule has 208 valence electrons. The van der Waals surface area contributed by atoms with Crippen molar-refractivity contribution in [3.63, 3.8) is 0 Å². The van der Waals surface area contributed by atoms with Gasteiger partial charge in [0.05, 0.1) is 19.3 Å². The topological polar surface area (TPSA) is 155 Å². The van der Waals surface area contributed by atoms with Crippen molar-refractivity contribution < 1.29 is 37.1 Å². The summed E-state index contributed by atoms with van der Waals surface area (Å²) in [7, 11) is 0. The van der Waals surface area contributed by atoms with E-state index in [0.29, 0.717) is 42.9 Å². The molecule has 3 aliphatic heterocycles. The van der Waals surface area contributed by atoms with Crippen molar-refractivity contribution in [3.05, 3.63) is 0 Å². The second-order valence-corrected chi connectivity index (χ2v) is 11.3. The summed E-state index contributed by atoms with van der Waals surface area (Å²) in [5, 5.41) is 14.0. The molecule has 0 radical (unpaired) electrons. The van der Waals surface area contributed by atoms with Gasteiger partial charge in [-0.05, 0) is 43.9 Å². The van der Waals surface area contributed by atoms with Gasteiger partial charge in [-0.25, -0.2) is 0 Å². The molecule has 3 saturated heterocycles. The number of carbonyl (C=O) groups excluding carboxylic acids is 4. The van der Waals surface area contributed by atoms with Crippen molar-refractivity contribution in [2.24, 2.45) is 34.8 Å². The molecule has 4 rings (SSSR count). The number of nitrogens with two attached hydrogens (primary N) is 1. The van der Waals surface area contributed by atoms with Crippen LogP contribution in [0.15, 0.2) is 0 Å². The Morgan fingerprint density at radius 3 is 2.16 bits per heavy atom. The van der Waals surface area contributed by atoms with Gasteiger partial charge in [-0.15, -0.1) is 0 Å². The highest BCUT2D eigenvalue weighted by Crippen LogP contribution is 2.62. The number of amides is 4. The van der Waals surface area contributed by atoms with Crippen LogP contribution in [0.1, 0.15) is 47.0 Å². The van der Waals surface area contributed by atoms with Crippen molar-refractivity contribution in [1.82, 2.24) is 15.5 Å². The van der Waals surface area contributed by atoms with Crippen molar-refractivity contribution in [2.45, 2.75) is 64.7 Å². The number of hydrogen-bond acceptors (Lipinski definition) is 6. The molecule has 4 N–H and O–H groups in total. The molecule has 1 aliphatic carbocycles. The number of nitrogens with one attached hydrogen (secondary N) is 2. The Hall–Kier alpha value is -2.88. The summed E-state index contributed by atoms with van der Waals surface area (Å²) in [6.07, 6.45) is -2.58. The highest BCUT2D eigenvalue weighted by molar-refractivity contribution is 5.82. The fourth-order valence-corrected chi connectivity index (χ4v) is 5.02. The molecule has 0 aromatic rings. The largest absolute Gasteiger partial charge is 0.470 e. The van der Waals surface area contributed by atoms with Crippen LogP contribution in [0.5, 0.6) is 0 Å². The molecule has 4 aliphatic rings. The van der Waals surface area contributed by atoms with Crippen LogP contribution in [0.2, 0.25) is 0 Å². The third-order valence-electron chi connectivity index (χ3n) is 7.46. The zero-order valence-electron chi connectivity index (χ0n) is 21.6. The van der Waals surface area contributed by atoms with Crippen LogP contribution in [0, 0.1) is 40.4 Å². The predicted molar refractivity (Wildman–Crippen MR) is 125 cm³/mol. The van der Waals surface area contributed by atoms with Crippen molar-refractivity contribution in [1.29, 1.82) is 5.26 Å². The minimum absolute atomic E-state index is 0.0343. The molecule has 3 heterocycles. The van der Waals surface area contributed by atoms with Gasteiger partial charge in [-0.3, -0.25) is 19.2 Å². The fraction of sp³-hybridized carbons (Fsp3) is 0.792. The van der Waals surface area contributed by atoms with Crippen molar-refractivity contribution in [2.75, 3.05) is 26.3 Å². The van der Waals surface area contributed by atoms with E-state index in [1.165, 1.54) is 0 Å². The van der Waals surface area contributed by atoms with Crippen molar-refractivity contribution in [3.8, 4) is 6.07 Å². The van der Waals surface area contributed by atoms with Crippen molar-refractivity contribution >= 4 is 24.1 Å². The summed E-state index contributed by atoms with van der Waals surface area (Å²) >= 11 is 0. The number of nitriles is 1. The van der Waals surface area contributed by atoms with Gasteiger partial charge in [0.2, 0.25) is 18.2 Å². The van der Waals surface area contributed by atoms with E-state index in [4.69, 9.17) is 14.8 Å². The molecule has 0 spiro atoms. The van der Waals surface area contributed by atoms with Crippen LogP contribution < -0.4 is 16.4 Å². The monoisotopic (exact) mass is 531 g/mol. The number of piperidine rings is 1. The molecule has 0 bridgehead atoms. The van der Waals surface area contributed by atoms with Gasteiger partial charge < -0.3 is 26.0 Å². The van der Waals surface area contributed by atoms with Gasteiger partial charge >= 0.3 is 12.1 Å². The summed E-state index contributed by atoms with van der Waals surface area (Å²) in [5.41, 5.74) is 4.11. The quantitative estimate of drug-likeness (QED) is 0.436. The molecule has 3 unspecified atom stereocenters. The lowest BCUT2D eigenvalue weighted by Gasteiger charge is -2.28. The van der Waals surface area contributed by atoms with Gasteiger partial charge in [-0.2, -0.15) is 18.4 Å². The third kappa shape index (κ3) is 8.31. The Balaban J connectivity index is 0.000000210. The molecule has 37 heavy (non-hydrogen) atoms. The minimum atomic E-state index is -4.86. The number of nitrogens with zero attached hydrogens (tertiary/aromatic N) is 2. The second kappa shape index (κ2) is 11.7. The lowest BCUT2D eigenvalue weighted by Crippen LogP contribution is -2.38. The standard InChI is InChI=1S/C12H19NO2.C10H15N3O2.C2H2F3NO/c1-12(2)9-4-13(5-10(9)12)11(14)3-8-6-15-7-8;1-10(2)4-7(9(15)13-10)3-8(5-11)12-6-14;3-2(4,5)1(6)7/h8-10H,3-7H2,1-2H3;6-8H,3-4H2,1-2H3,(H,12,14)(H,13,15);(H2,6,7)/t;7?,8-;/m.0./s1. The number of alkyl halides is 3. The molecule has 10 nitrogen and oxygen atoms in total. The zero-order chi connectivity index (χ0) is 28.2. The van der Waals surface area contributed by atoms with Gasteiger partial charge in [0.15, 0.2) is 0 Å². The van der Waals surface area contributed by atoms with Gasteiger partial charge in [0.1, 0.15) is 6.04 Å². The number of carbonyl (C=O) groups is 4. The van der Waals surface area contributed by atoms with E-state index >= 15 is 0 Å². The third-order valence-corrected chi connectivity index (χ3v) is 7.46. The van der Waals surface area contributed by atoms with E-state index in [1.54, 1.807) is 0 Å². The van der Waals surface area contributed by atoms with E-state index < -0.39 is 18.1 Å². The molecule has 1 saturated carbocycles. The number of primary amides is 1. The number of ether oxygens (including phenoxy) is 1. The molecule has 13 heteroatoms. The molecule has 4 atom stereocenters. The summed E-state index contributed by atoms with van der Waals surface area (Å²) in [5.74, 6) is -0.0653. The first kappa shape index (κ1) is 30.3. The minimum Gasteiger partial charge on any atom is -0.381 e. The molecule has 4 amide bonds. The maximum atomic E-state index is 11.9. The number of likely N-dealkylation sites (tertiary alicyclic amines) is 1. The zero-order valence-corrected chi connectivity index (χ0v) is 21.6. The Morgan fingerprint density at radius 2 is 1.81 bits per heavy atom. The van der Waals surface area contributed by atoms with Crippen LogP contribution in [-0.4, -0.2) is 73.1 Å². The van der Waals surface area contributed by atoms with Crippen LogP contribution in [0.3, 0.4) is 0 Å². The summed E-state index contributed by atoms with van der Waals surface area (Å²) in [6.45, 7) is 12.1. The van der Waals surface area contributed by atoms with Gasteiger partial charge in [-0.1, -0.05) is 13.8 Å². The maximum absolute atomic E-state index is 11.9. The summed E-state index contributed by atoms with van der Waals surface area (Å²) in [4.78, 5) is 44.8. The first-order valence-corrected chi connectivity index (χ1v) is 12.1. The Kier molecular flexibility index (Phi) is 9.57. The van der Waals surface area contributed by atoms with E-state index in [-0.39, 0.29) is 17.4 Å². The first-order valence-electron chi connectivity index (χ1n) is 12.1. The lowest BCUT2D eigenvalue weighted by atomic mass is 9.92.